The van der Waals surface area contributed by atoms with E-state index in [0.717, 1.165) is 111 Å². The lowest BCUT2D eigenvalue weighted by atomic mass is 9.81. The van der Waals surface area contributed by atoms with Gasteiger partial charge in [-0.05, 0) is 266 Å². The Kier molecular flexibility index (Phi) is 38.4. The summed E-state index contributed by atoms with van der Waals surface area (Å²) >= 11 is 15.9. The van der Waals surface area contributed by atoms with Crippen molar-refractivity contribution in [1.29, 1.82) is 0 Å². The fourth-order valence-corrected chi connectivity index (χ4v) is 16.7. The lowest BCUT2D eigenvalue weighted by Gasteiger charge is -2.40. The summed E-state index contributed by atoms with van der Waals surface area (Å²) in [4.78, 5) is 85.2. The Balaban J connectivity index is 0.000000218. The molecule has 0 radical (unpaired) electrons. The molecule has 20 nitrogen and oxygen atoms in total. The van der Waals surface area contributed by atoms with Gasteiger partial charge < -0.3 is 43.1 Å². The van der Waals surface area contributed by atoms with E-state index < -0.39 is 45.9 Å². The van der Waals surface area contributed by atoms with Crippen molar-refractivity contribution in [2.45, 2.75) is 194 Å². The lowest BCUT2D eigenvalue weighted by molar-refractivity contribution is -0.165. The van der Waals surface area contributed by atoms with E-state index in [2.05, 4.69) is 106 Å². The predicted octanol–water partition coefficient (Wildman–Crippen LogP) is 23.0. The number of rotatable bonds is 26. The first-order chi connectivity index (χ1) is 58.7. The van der Waals surface area contributed by atoms with E-state index in [4.69, 9.17) is 49.6 Å². The van der Waals surface area contributed by atoms with E-state index in [0.29, 0.717) is 98.2 Å². The zero-order valence-corrected chi connectivity index (χ0v) is 80.2. The SMILES string of the molecule is Cc1c(C(=O)ONC(c2ccccc2)C(C)(C)C)ccc(Br)c1OCCOC1CCCCO1.Cc1cc(C)cc(C(=O)Cl)c1.Cc1cc(C)cc(C(=O)N(NC(=O)c2ccc(Br)c(OCCO)c2C)C(c2ccccc2)C(C)(C)C)c1.Cc1cc(C)cc(C(=O)N(NC(=O)c2ccc(Br)c(OCCOC3CCCCO3)c2C)C(c2ccccc2)C(C)(C)C)c1. The number of ether oxygens (including phenoxy) is 7. The summed E-state index contributed by atoms with van der Waals surface area (Å²) in [6.45, 7) is 38.7. The average molecular weight is 1910 g/mol. The summed E-state index contributed by atoms with van der Waals surface area (Å²) in [5, 5.41) is 11.8. The van der Waals surface area contributed by atoms with E-state index in [1.807, 2.05) is 210 Å². The number of benzene rings is 9. The fraction of sp³-hybridized carbons (Fsp3) is 0.400. The molecule has 11 rings (SSSR count). The van der Waals surface area contributed by atoms with Crippen molar-refractivity contribution in [1.82, 2.24) is 26.3 Å². The van der Waals surface area contributed by atoms with Crippen LogP contribution in [0.4, 0.5) is 0 Å². The van der Waals surface area contributed by atoms with Crippen molar-refractivity contribution in [3.63, 3.8) is 0 Å². The highest BCUT2D eigenvalue weighted by Crippen LogP contribution is 2.42. The van der Waals surface area contributed by atoms with Crippen molar-refractivity contribution in [3.8, 4) is 17.2 Å². The number of aliphatic hydroxyl groups excluding tert-OH is 1. The van der Waals surface area contributed by atoms with Crippen LogP contribution in [0.1, 0.15) is 248 Å². The summed E-state index contributed by atoms with van der Waals surface area (Å²) in [7, 11) is 0. The Morgan fingerprint density at radius 3 is 1.08 bits per heavy atom. The van der Waals surface area contributed by atoms with Gasteiger partial charge in [-0.3, -0.25) is 34.8 Å². The third-order valence-electron chi connectivity index (χ3n) is 20.6. The molecule has 5 atom stereocenters. The summed E-state index contributed by atoms with van der Waals surface area (Å²) < 4.78 is 42.6. The number of hydroxylamine groups is 1. The highest BCUT2D eigenvalue weighted by Gasteiger charge is 2.40. The van der Waals surface area contributed by atoms with Gasteiger partial charge in [-0.25, -0.2) is 14.8 Å². The van der Waals surface area contributed by atoms with Crippen LogP contribution in [-0.4, -0.2) is 115 Å². The largest absolute Gasteiger partial charge is 0.490 e. The van der Waals surface area contributed by atoms with Crippen LogP contribution in [0, 0.1) is 78.6 Å². The molecule has 2 saturated heterocycles. The third-order valence-corrected chi connectivity index (χ3v) is 22.7. The van der Waals surface area contributed by atoms with Gasteiger partial charge in [-0.1, -0.05) is 205 Å². The van der Waals surface area contributed by atoms with Crippen LogP contribution in [0.15, 0.2) is 195 Å². The zero-order chi connectivity index (χ0) is 90.8. The van der Waals surface area contributed by atoms with E-state index in [1.54, 1.807) is 55.5 Å². The quantitative estimate of drug-likeness (QED) is 0.0224. The molecule has 2 aliphatic heterocycles. The molecule has 0 aliphatic carbocycles. The molecule has 2 aliphatic rings. The second kappa shape index (κ2) is 47.5. The van der Waals surface area contributed by atoms with Crippen LogP contribution in [0.5, 0.6) is 17.2 Å². The number of nitrogens with one attached hydrogen (secondary N) is 3. The number of hydrazine groups is 2. The maximum absolute atomic E-state index is 14.2. The molecule has 4 N–H and O–H groups in total. The average Bonchev–Trinajstić information content (AvgIpc) is 0.782. The minimum absolute atomic E-state index is 0.0991. The number of amides is 4. The molecule has 664 valence electrons. The van der Waals surface area contributed by atoms with E-state index in [9.17, 15) is 33.9 Å². The number of carbonyl (C=O) groups is 6. The van der Waals surface area contributed by atoms with Crippen LogP contribution in [0.3, 0.4) is 0 Å². The lowest BCUT2D eigenvalue weighted by Crippen LogP contribution is -2.51. The van der Waals surface area contributed by atoms with Crippen LogP contribution in [0.2, 0.25) is 0 Å². The van der Waals surface area contributed by atoms with Gasteiger partial charge in [0.25, 0.3) is 28.9 Å². The fourth-order valence-electron chi connectivity index (χ4n) is 15.0. The molecule has 0 spiro atoms. The Bertz CT molecular complexity index is 5000. The van der Waals surface area contributed by atoms with Gasteiger partial charge in [0.2, 0.25) is 0 Å². The maximum Gasteiger partial charge on any atom is 0.357 e. The minimum Gasteiger partial charge on any atom is -0.490 e. The monoisotopic (exact) mass is 1900 g/mol. The van der Waals surface area contributed by atoms with E-state index in [-0.39, 0.29) is 49.1 Å². The van der Waals surface area contributed by atoms with E-state index >= 15 is 0 Å². The summed E-state index contributed by atoms with van der Waals surface area (Å²) in [6, 6.07) is 55.9. The van der Waals surface area contributed by atoms with Gasteiger partial charge in [0, 0.05) is 57.7 Å². The number of nitrogens with zero attached hydrogens (tertiary/aromatic N) is 2. The molecule has 5 unspecified atom stereocenters. The molecular formula is C100H121Br3ClN5O15. The molecule has 2 heterocycles. The van der Waals surface area contributed by atoms with Crippen molar-refractivity contribution in [2.24, 2.45) is 16.2 Å². The standard InChI is InChI=1S/C35H43BrN2O5.C30H35BrN2O4.C26H34BrNO5.C9H9ClO/c1-23-20-24(2)22-27(21-23)34(40)38(32(35(4,5)6)26-12-8-7-9-13-26)37-33(39)28-15-16-29(36)31(25(28)3)43-19-18-42-30-14-10-11-17-41-30;1-19-16-20(2)18-23(17-19)29(36)33(27(30(4,5)6)22-10-8-7-9-11-22)32-28(35)24-12-13-25(31)26(21(24)3)37-15-14-34;1-18-20(25(29)33-28-24(26(2,3)4)19-10-6-5-7-11-19)13-14-21(27)23(18)32-17-16-31-22-12-8-9-15-30-22;1-6-3-7(2)5-8(4-6)9(10)11/h7-9,12-13,15-16,20-22,30,32H,10-11,14,17-19H2,1-6H3,(H,37,39);7-13,16-18,27,34H,14-15H2,1-6H3,(H,32,35);5-7,10-11,13-14,22,24,28H,8-9,12,15-17H2,1-4H3;3-5H,1-2H3. The van der Waals surface area contributed by atoms with Crippen molar-refractivity contribution in [3.05, 3.63) is 296 Å². The number of aliphatic hydroxyl groups is 1. The van der Waals surface area contributed by atoms with Gasteiger partial charge in [-0.15, -0.1) is 5.48 Å². The van der Waals surface area contributed by atoms with Crippen molar-refractivity contribution < 1.29 is 71.9 Å². The smallest absolute Gasteiger partial charge is 0.357 e. The minimum atomic E-state index is -0.457. The third kappa shape index (κ3) is 29.5. The summed E-state index contributed by atoms with van der Waals surface area (Å²) in [5.41, 5.74) is 21.6. The Morgan fingerprint density at radius 2 is 0.758 bits per heavy atom. The highest BCUT2D eigenvalue weighted by atomic mass is 79.9. The van der Waals surface area contributed by atoms with Gasteiger partial charge in [0.05, 0.1) is 56.9 Å². The number of hydrogen-bond acceptors (Lipinski definition) is 16. The number of hydrogen-bond donors (Lipinski definition) is 4. The normalized spacial score (nSPS) is 14.6. The van der Waals surface area contributed by atoms with Gasteiger partial charge in [0.15, 0.2) is 12.6 Å². The second-order valence-electron chi connectivity index (χ2n) is 34.5. The molecule has 9 aromatic rings. The van der Waals surface area contributed by atoms with Crippen molar-refractivity contribution in [2.75, 3.05) is 52.9 Å². The van der Waals surface area contributed by atoms with Crippen LogP contribution in [0.25, 0.3) is 0 Å². The van der Waals surface area contributed by atoms with Gasteiger partial charge >= 0.3 is 5.97 Å². The number of aryl methyl sites for hydroxylation is 6. The predicted molar refractivity (Wildman–Crippen MR) is 499 cm³/mol. The molecule has 0 saturated carbocycles. The topological polar surface area (TPSA) is 239 Å². The summed E-state index contributed by atoms with van der Waals surface area (Å²) in [6.07, 6.45) is 5.81. The molecule has 9 aromatic carbocycles. The molecule has 2 fully saturated rings. The molecule has 0 aromatic heterocycles. The first kappa shape index (κ1) is 100. The number of halogens is 4. The Morgan fingerprint density at radius 1 is 0.427 bits per heavy atom. The first-order valence-electron chi connectivity index (χ1n) is 41.9. The second-order valence-corrected chi connectivity index (χ2v) is 37.4. The molecule has 124 heavy (non-hydrogen) atoms. The molecule has 0 bridgehead atoms. The van der Waals surface area contributed by atoms with Crippen molar-refractivity contribution >= 4 is 94.2 Å². The van der Waals surface area contributed by atoms with E-state index in [1.165, 1.54) is 10.0 Å². The van der Waals surface area contributed by atoms with Gasteiger partial charge in [-0.2, -0.15) is 0 Å². The number of carbonyl (C=O) groups excluding carboxylic acids is 6. The maximum atomic E-state index is 14.2. The molecular weight excluding hydrogens is 1790 g/mol. The first-order valence-corrected chi connectivity index (χ1v) is 44.7. The van der Waals surface area contributed by atoms with Crippen LogP contribution >= 0.6 is 59.4 Å². The highest BCUT2D eigenvalue weighted by molar-refractivity contribution is 9.11. The summed E-state index contributed by atoms with van der Waals surface area (Å²) in [5.74, 6) is -0.221. The van der Waals surface area contributed by atoms with Crippen LogP contribution in [-0.2, 0) is 23.8 Å². The zero-order valence-electron chi connectivity index (χ0n) is 74.7. The Labute approximate surface area is 762 Å². The molecule has 4 amide bonds. The van der Waals surface area contributed by atoms with Crippen LogP contribution < -0.4 is 30.5 Å². The molecule has 24 heteroatoms. The van der Waals surface area contributed by atoms with Gasteiger partial charge in [0.1, 0.15) is 37.1 Å². The Hall–Kier alpha value is -9.11.